The van der Waals surface area contributed by atoms with Crippen molar-refractivity contribution in [1.82, 2.24) is 20.4 Å². The van der Waals surface area contributed by atoms with E-state index in [1.807, 2.05) is 0 Å². The van der Waals surface area contributed by atoms with E-state index < -0.39 is 0 Å². The first-order valence-corrected chi connectivity index (χ1v) is 12.3. The molecule has 0 aliphatic carbocycles. The van der Waals surface area contributed by atoms with E-state index in [1.165, 1.54) is 50.1 Å². The van der Waals surface area contributed by atoms with E-state index in [9.17, 15) is 0 Å². The molecule has 2 N–H and O–H groups in total. The maximum absolute atomic E-state index is 3.51. The molecule has 2 aromatic rings. The third-order valence-electron chi connectivity index (χ3n) is 7.68. The van der Waals surface area contributed by atoms with Gasteiger partial charge in [-0.25, -0.2) is 0 Å². The first-order valence-electron chi connectivity index (χ1n) is 12.3. The number of fused-ring (bicyclic) bond motifs is 6. The van der Waals surface area contributed by atoms with E-state index in [0.717, 1.165) is 32.6 Å². The van der Waals surface area contributed by atoms with Crippen LogP contribution in [0.15, 0.2) is 36.4 Å². The molecule has 0 amide bonds. The molecule has 2 fully saturated rings. The minimum absolute atomic E-state index is 0.628. The summed E-state index contributed by atoms with van der Waals surface area (Å²) in [6.45, 7) is 13.9. The van der Waals surface area contributed by atoms with Crippen molar-refractivity contribution in [2.45, 2.75) is 45.2 Å². The minimum Gasteiger partial charge on any atom is -0.314 e. The summed E-state index contributed by atoms with van der Waals surface area (Å²) in [7, 11) is 0. The summed E-state index contributed by atoms with van der Waals surface area (Å²) in [4.78, 5) is 5.25. The van der Waals surface area contributed by atoms with E-state index >= 15 is 0 Å². The van der Waals surface area contributed by atoms with Gasteiger partial charge in [-0.3, -0.25) is 9.80 Å². The summed E-state index contributed by atoms with van der Waals surface area (Å²) < 4.78 is 0. The van der Waals surface area contributed by atoms with Crippen LogP contribution >= 0.6 is 0 Å². The van der Waals surface area contributed by atoms with E-state index in [2.05, 4.69) is 70.7 Å². The maximum atomic E-state index is 3.51. The van der Waals surface area contributed by atoms with E-state index in [4.69, 9.17) is 0 Å². The van der Waals surface area contributed by atoms with E-state index in [0.29, 0.717) is 12.1 Å². The van der Waals surface area contributed by atoms with E-state index in [1.54, 1.807) is 22.3 Å². The van der Waals surface area contributed by atoms with Gasteiger partial charge in [0.1, 0.15) is 0 Å². The highest BCUT2D eigenvalue weighted by Crippen LogP contribution is 2.32. The average molecular weight is 419 g/mol. The highest BCUT2D eigenvalue weighted by Gasteiger charge is 2.30. The number of rotatable bonds is 1. The smallest absolute Gasteiger partial charge is 0.0476 e. The maximum Gasteiger partial charge on any atom is 0.0476 e. The van der Waals surface area contributed by atoms with Gasteiger partial charge in [0.25, 0.3) is 0 Å². The molecule has 4 aliphatic heterocycles. The first kappa shape index (κ1) is 21.1. The Labute approximate surface area is 188 Å². The molecule has 2 saturated heterocycles. The second-order valence-electron chi connectivity index (χ2n) is 9.60. The molecule has 4 nitrogen and oxygen atoms in total. The third kappa shape index (κ3) is 4.45. The van der Waals surface area contributed by atoms with Crippen molar-refractivity contribution in [2.75, 3.05) is 52.4 Å². The molecule has 31 heavy (non-hydrogen) atoms. The summed E-state index contributed by atoms with van der Waals surface area (Å²) in [6, 6.07) is 15.3. The lowest BCUT2D eigenvalue weighted by molar-refractivity contribution is 0.152. The van der Waals surface area contributed by atoms with Crippen molar-refractivity contribution < 1.29 is 0 Å². The van der Waals surface area contributed by atoms with Crippen molar-refractivity contribution in [3.05, 3.63) is 69.8 Å². The van der Waals surface area contributed by atoms with Crippen LogP contribution in [0.2, 0.25) is 0 Å². The van der Waals surface area contributed by atoms with Gasteiger partial charge in [-0.2, -0.15) is 0 Å². The fourth-order valence-corrected chi connectivity index (χ4v) is 5.87. The Balaban J connectivity index is 0.000000132. The van der Waals surface area contributed by atoms with Gasteiger partial charge in [0.2, 0.25) is 0 Å². The predicted molar refractivity (Wildman–Crippen MR) is 129 cm³/mol. The number of nitrogens with one attached hydrogen (secondary N) is 2. The minimum atomic E-state index is 0.628. The van der Waals surface area contributed by atoms with Gasteiger partial charge in [0.05, 0.1) is 0 Å². The Morgan fingerprint density at radius 2 is 1.35 bits per heavy atom. The predicted octanol–water partition coefficient (Wildman–Crippen LogP) is 3.25. The van der Waals surface area contributed by atoms with Crippen molar-refractivity contribution >= 4 is 0 Å². The molecule has 4 aliphatic rings. The van der Waals surface area contributed by atoms with Crippen LogP contribution in [0, 0.1) is 6.92 Å². The van der Waals surface area contributed by atoms with Crippen LogP contribution in [0.3, 0.4) is 0 Å². The standard InChI is InChI=1S/C14H20N2.C13H18N2/c1-2-11-3-4-13-12(9-11)5-7-16-8-6-15-10-14(13)16;1-10-2-3-12-11(8-10)4-6-15-7-5-14-9-13(12)15/h3-4,9,14-15H,2,5-8,10H2,1H3;2-3,8,13-14H,4-7,9H2,1H3/t14-;13-/m00/s1. The Morgan fingerprint density at radius 3 is 1.97 bits per heavy atom. The molecule has 2 aromatic carbocycles. The van der Waals surface area contributed by atoms with Crippen molar-refractivity contribution in [2.24, 2.45) is 0 Å². The second-order valence-corrected chi connectivity index (χ2v) is 9.60. The number of aryl methyl sites for hydroxylation is 2. The Morgan fingerprint density at radius 1 is 0.774 bits per heavy atom. The lowest BCUT2D eigenvalue weighted by atomic mass is 9.89. The molecule has 6 rings (SSSR count). The van der Waals surface area contributed by atoms with Gasteiger partial charge in [-0.1, -0.05) is 48.9 Å². The molecule has 4 heteroatoms. The van der Waals surface area contributed by atoms with Gasteiger partial charge in [0, 0.05) is 64.4 Å². The SMILES string of the molecule is CCc1ccc2c(c1)CCN1CCNC[C@@H]21.Cc1ccc2c(c1)CCN1CCNC[C@@H]21. The van der Waals surface area contributed by atoms with Crippen LogP contribution in [-0.2, 0) is 19.3 Å². The zero-order valence-corrected chi connectivity index (χ0v) is 19.3. The summed E-state index contributed by atoms with van der Waals surface area (Å²) in [5.41, 5.74) is 9.15. The van der Waals surface area contributed by atoms with Crippen LogP contribution in [0.4, 0.5) is 0 Å². The fourth-order valence-electron chi connectivity index (χ4n) is 5.87. The fraction of sp³-hybridized carbons (Fsp3) is 0.556. The Kier molecular flexibility index (Phi) is 6.42. The van der Waals surface area contributed by atoms with Crippen LogP contribution in [-0.4, -0.2) is 62.2 Å². The third-order valence-corrected chi connectivity index (χ3v) is 7.68. The molecule has 166 valence electrons. The molecule has 0 saturated carbocycles. The van der Waals surface area contributed by atoms with Crippen molar-refractivity contribution in [3.8, 4) is 0 Å². The molecule has 0 unspecified atom stereocenters. The number of hydrogen-bond donors (Lipinski definition) is 2. The lowest BCUT2D eigenvalue weighted by Crippen LogP contribution is -2.48. The van der Waals surface area contributed by atoms with Crippen LogP contribution in [0.5, 0.6) is 0 Å². The van der Waals surface area contributed by atoms with Gasteiger partial charge >= 0.3 is 0 Å². The molecule has 0 bridgehead atoms. The first-order chi connectivity index (χ1) is 15.2. The molecular formula is C27H38N4. The summed E-state index contributed by atoms with van der Waals surface area (Å²) in [6.07, 6.45) is 3.62. The van der Waals surface area contributed by atoms with Gasteiger partial charge in [-0.15, -0.1) is 0 Å². The normalized spacial score (nSPS) is 25.4. The quantitative estimate of drug-likeness (QED) is 0.744. The molecule has 4 heterocycles. The number of nitrogens with zero attached hydrogens (tertiary/aromatic N) is 2. The lowest BCUT2D eigenvalue weighted by Gasteiger charge is -2.41. The molecule has 0 aromatic heterocycles. The number of benzene rings is 2. The highest BCUT2D eigenvalue weighted by molar-refractivity contribution is 5.37. The van der Waals surface area contributed by atoms with Gasteiger partial charge in [-0.05, 0) is 54.0 Å². The number of hydrogen-bond acceptors (Lipinski definition) is 4. The summed E-state index contributed by atoms with van der Waals surface area (Å²) in [5, 5.41) is 7.01. The van der Waals surface area contributed by atoms with Crippen LogP contribution in [0.25, 0.3) is 0 Å². The van der Waals surface area contributed by atoms with Crippen molar-refractivity contribution in [3.63, 3.8) is 0 Å². The molecule has 0 radical (unpaired) electrons. The van der Waals surface area contributed by atoms with Crippen LogP contribution in [0.1, 0.15) is 52.4 Å². The Bertz CT molecular complexity index is 908. The summed E-state index contributed by atoms with van der Waals surface area (Å²) >= 11 is 0. The highest BCUT2D eigenvalue weighted by atomic mass is 15.2. The molecular weight excluding hydrogens is 380 g/mol. The monoisotopic (exact) mass is 418 g/mol. The van der Waals surface area contributed by atoms with Crippen molar-refractivity contribution in [1.29, 1.82) is 0 Å². The average Bonchev–Trinajstić information content (AvgIpc) is 2.83. The zero-order valence-electron chi connectivity index (χ0n) is 19.3. The van der Waals surface area contributed by atoms with Gasteiger partial charge in [0.15, 0.2) is 0 Å². The largest absolute Gasteiger partial charge is 0.314 e. The topological polar surface area (TPSA) is 30.5 Å². The molecule has 0 spiro atoms. The summed E-state index contributed by atoms with van der Waals surface area (Å²) in [5.74, 6) is 0. The Hall–Kier alpha value is -1.72. The molecule has 2 atom stereocenters. The van der Waals surface area contributed by atoms with Crippen LogP contribution < -0.4 is 10.6 Å². The van der Waals surface area contributed by atoms with Gasteiger partial charge < -0.3 is 10.6 Å². The number of piperazine rings is 2. The second kappa shape index (κ2) is 9.41. The van der Waals surface area contributed by atoms with E-state index in [-0.39, 0.29) is 0 Å². The zero-order chi connectivity index (χ0) is 21.2.